The molecule has 0 bridgehead atoms. The number of aliphatic carboxylic acids is 1. The minimum Gasteiger partial charge on any atom is -0.480 e. The van der Waals surface area contributed by atoms with Gasteiger partial charge in [-0.25, -0.2) is 4.98 Å². The number of hydrogen-bond donors (Lipinski definition) is 1. The molecular formula is C15H15ClN2O2S. The first-order chi connectivity index (χ1) is 10.1. The third-order valence-corrected chi connectivity index (χ3v) is 4.85. The number of likely N-dealkylation sites (tertiary alicyclic amines) is 1. The summed E-state index contributed by atoms with van der Waals surface area (Å²) in [5.41, 5.74) is 1.77. The van der Waals surface area contributed by atoms with Gasteiger partial charge in [0.05, 0.1) is 12.2 Å². The highest BCUT2D eigenvalue weighted by Crippen LogP contribution is 2.29. The molecule has 1 aromatic heterocycles. The van der Waals surface area contributed by atoms with Gasteiger partial charge >= 0.3 is 5.97 Å². The van der Waals surface area contributed by atoms with Crippen LogP contribution >= 0.6 is 22.9 Å². The first kappa shape index (κ1) is 14.5. The average molecular weight is 323 g/mol. The summed E-state index contributed by atoms with van der Waals surface area (Å²) in [6, 6.07) is 7.23. The Kier molecular flexibility index (Phi) is 4.24. The van der Waals surface area contributed by atoms with Crippen molar-refractivity contribution >= 4 is 28.9 Å². The Morgan fingerprint density at radius 3 is 3.05 bits per heavy atom. The molecular weight excluding hydrogens is 308 g/mol. The number of rotatable bonds is 4. The van der Waals surface area contributed by atoms with Crippen LogP contribution in [0.2, 0.25) is 5.02 Å². The summed E-state index contributed by atoms with van der Waals surface area (Å²) < 4.78 is 0. The van der Waals surface area contributed by atoms with Crippen LogP contribution in [0.15, 0.2) is 29.6 Å². The number of hydrogen-bond acceptors (Lipinski definition) is 4. The normalized spacial score (nSPS) is 19.0. The van der Waals surface area contributed by atoms with Gasteiger partial charge in [-0.3, -0.25) is 9.69 Å². The summed E-state index contributed by atoms with van der Waals surface area (Å²) in [6.07, 6.45) is 1.65. The van der Waals surface area contributed by atoms with Crippen molar-refractivity contribution in [1.82, 2.24) is 9.88 Å². The predicted octanol–water partition coefficient (Wildman–Crippen LogP) is 3.51. The monoisotopic (exact) mass is 322 g/mol. The minimum absolute atomic E-state index is 0.377. The van der Waals surface area contributed by atoms with Crippen molar-refractivity contribution in [3.8, 4) is 11.3 Å². The SMILES string of the molecule is O=C(O)[C@H]1CCCN1Cc1nc(-c2ccccc2Cl)cs1. The highest BCUT2D eigenvalue weighted by molar-refractivity contribution is 7.09. The van der Waals surface area contributed by atoms with Crippen molar-refractivity contribution in [2.24, 2.45) is 0 Å². The van der Waals surface area contributed by atoms with Gasteiger partial charge in [0.1, 0.15) is 11.0 Å². The van der Waals surface area contributed by atoms with Gasteiger partial charge in [-0.15, -0.1) is 11.3 Å². The van der Waals surface area contributed by atoms with Crippen molar-refractivity contribution in [3.05, 3.63) is 39.7 Å². The van der Waals surface area contributed by atoms with E-state index >= 15 is 0 Å². The maximum Gasteiger partial charge on any atom is 0.320 e. The fourth-order valence-electron chi connectivity index (χ4n) is 2.64. The summed E-state index contributed by atoms with van der Waals surface area (Å²) in [6.45, 7) is 1.41. The van der Waals surface area contributed by atoms with Crippen molar-refractivity contribution in [3.63, 3.8) is 0 Å². The lowest BCUT2D eigenvalue weighted by Gasteiger charge is -2.19. The van der Waals surface area contributed by atoms with E-state index in [1.165, 1.54) is 0 Å². The van der Waals surface area contributed by atoms with Crippen LogP contribution in [0.5, 0.6) is 0 Å². The Morgan fingerprint density at radius 2 is 2.29 bits per heavy atom. The second-order valence-electron chi connectivity index (χ2n) is 5.07. The molecule has 21 heavy (non-hydrogen) atoms. The fraction of sp³-hybridized carbons (Fsp3) is 0.333. The van der Waals surface area contributed by atoms with E-state index in [-0.39, 0.29) is 6.04 Å². The number of carboxylic acid groups (broad SMARTS) is 1. The summed E-state index contributed by atoms with van der Waals surface area (Å²) in [4.78, 5) is 17.8. The van der Waals surface area contributed by atoms with Gasteiger partial charge < -0.3 is 5.11 Å². The molecule has 0 amide bonds. The lowest BCUT2D eigenvalue weighted by Crippen LogP contribution is -2.35. The van der Waals surface area contributed by atoms with Gasteiger partial charge in [0.25, 0.3) is 0 Å². The third-order valence-electron chi connectivity index (χ3n) is 3.69. The molecule has 1 aromatic carbocycles. The molecule has 1 fully saturated rings. The van der Waals surface area contributed by atoms with Gasteiger partial charge in [0.2, 0.25) is 0 Å². The molecule has 1 aliphatic heterocycles. The van der Waals surface area contributed by atoms with Crippen LogP contribution in [0, 0.1) is 0 Å². The molecule has 3 rings (SSSR count). The minimum atomic E-state index is -0.740. The Hall–Kier alpha value is -1.43. The van der Waals surface area contributed by atoms with E-state index < -0.39 is 5.97 Å². The molecule has 1 atom stereocenters. The van der Waals surface area contributed by atoms with Crippen LogP contribution in [0.3, 0.4) is 0 Å². The summed E-state index contributed by atoms with van der Waals surface area (Å²) in [7, 11) is 0. The molecule has 1 aliphatic rings. The van der Waals surface area contributed by atoms with Crippen LogP contribution in [-0.4, -0.2) is 33.5 Å². The van der Waals surface area contributed by atoms with Crippen molar-refractivity contribution in [2.75, 3.05) is 6.54 Å². The van der Waals surface area contributed by atoms with Gasteiger partial charge in [-0.1, -0.05) is 29.8 Å². The maximum absolute atomic E-state index is 11.2. The van der Waals surface area contributed by atoms with E-state index in [4.69, 9.17) is 11.6 Å². The van der Waals surface area contributed by atoms with E-state index in [0.717, 1.165) is 35.7 Å². The number of nitrogens with zero attached hydrogens (tertiary/aromatic N) is 2. The van der Waals surface area contributed by atoms with Gasteiger partial charge in [0.15, 0.2) is 0 Å². The Balaban J connectivity index is 1.77. The topological polar surface area (TPSA) is 53.4 Å². The van der Waals surface area contributed by atoms with Gasteiger partial charge in [-0.2, -0.15) is 0 Å². The first-order valence-corrected chi connectivity index (χ1v) is 8.07. The van der Waals surface area contributed by atoms with E-state index in [2.05, 4.69) is 4.98 Å². The number of benzene rings is 1. The van der Waals surface area contributed by atoms with E-state index in [1.54, 1.807) is 11.3 Å². The summed E-state index contributed by atoms with van der Waals surface area (Å²) in [5, 5.41) is 12.8. The van der Waals surface area contributed by atoms with Gasteiger partial charge in [0, 0.05) is 16.0 Å². The van der Waals surface area contributed by atoms with Crippen LogP contribution in [0.25, 0.3) is 11.3 Å². The lowest BCUT2D eigenvalue weighted by atomic mass is 10.2. The standard InChI is InChI=1S/C15H15ClN2O2S/c16-11-5-2-1-4-10(11)12-9-21-14(17-12)8-18-7-3-6-13(18)15(19)20/h1-2,4-5,9,13H,3,6-8H2,(H,19,20)/t13-/m1/s1. The number of aromatic nitrogens is 1. The van der Waals surface area contributed by atoms with Crippen molar-refractivity contribution in [2.45, 2.75) is 25.4 Å². The molecule has 2 aromatic rings. The molecule has 0 aliphatic carbocycles. The molecule has 1 N–H and O–H groups in total. The number of halogens is 1. The molecule has 1 saturated heterocycles. The zero-order valence-corrected chi connectivity index (χ0v) is 12.9. The lowest BCUT2D eigenvalue weighted by molar-refractivity contribution is -0.142. The largest absolute Gasteiger partial charge is 0.480 e. The Morgan fingerprint density at radius 1 is 1.48 bits per heavy atom. The molecule has 4 nitrogen and oxygen atoms in total. The second-order valence-corrected chi connectivity index (χ2v) is 6.42. The Labute approximate surface area is 132 Å². The number of thiazole rings is 1. The van der Waals surface area contributed by atoms with E-state index in [9.17, 15) is 9.90 Å². The molecule has 0 radical (unpaired) electrons. The van der Waals surface area contributed by atoms with Crippen LogP contribution in [0.4, 0.5) is 0 Å². The van der Waals surface area contributed by atoms with E-state index in [0.29, 0.717) is 11.6 Å². The predicted molar refractivity (Wildman–Crippen MR) is 83.6 cm³/mol. The van der Waals surface area contributed by atoms with Crippen molar-refractivity contribution in [1.29, 1.82) is 0 Å². The van der Waals surface area contributed by atoms with Crippen LogP contribution in [0.1, 0.15) is 17.8 Å². The van der Waals surface area contributed by atoms with Gasteiger partial charge in [-0.05, 0) is 25.5 Å². The summed E-state index contributed by atoms with van der Waals surface area (Å²) in [5.74, 6) is -0.740. The van der Waals surface area contributed by atoms with Crippen LogP contribution in [-0.2, 0) is 11.3 Å². The molecule has 0 saturated carbocycles. The second kappa shape index (κ2) is 6.13. The molecule has 0 spiro atoms. The highest BCUT2D eigenvalue weighted by atomic mass is 35.5. The zero-order chi connectivity index (χ0) is 14.8. The fourth-order valence-corrected chi connectivity index (χ4v) is 3.70. The van der Waals surface area contributed by atoms with Crippen LogP contribution < -0.4 is 0 Å². The zero-order valence-electron chi connectivity index (χ0n) is 11.3. The Bertz CT molecular complexity index is 659. The quantitative estimate of drug-likeness (QED) is 0.936. The molecule has 110 valence electrons. The summed E-state index contributed by atoms with van der Waals surface area (Å²) >= 11 is 7.73. The average Bonchev–Trinajstić information content (AvgIpc) is 3.09. The van der Waals surface area contributed by atoms with Crippen molar-refractivity contribution < 1.29 is 9.90 Å². The highest BCUT2D eigenvalue weighted by Gasteiger charge is 2.30. The molecule has 2 heterocycles. The third kappa shape index (κ3) is 3.10. The first-order valence-electron chi connectivity index (χ1n) is 6.81. The number of carboxylic acids is 1. The number of carbonyl (C=O) groups is 1. The van der Waals surface area contributed by atoms with E-state index in [1.807, 2.05) is 34.5 Å². The maximum atomic E-state index is 11.2. The smallest absolute Gasteiger partial charge is 0.320 e. The molecule has 6 heteroatoms. The molecule has 0 unspecified atom stereocenters.